The summed E-state index contributed by atoms with van der Waals surface area (Å²) in [5, 5.41) is 3.55. The molecule has 0 spiro atoms. The maximum absolute atomic E-state index is 12.9. The van der Waals surface area contributed by atoms with E-state index in [1.165, 1.54) is 17.2 Å². The number of pyridine rings is 1. The van der Waals surface area contributed by atoms with Crippen molar-refractivity contribution in [1.82, 2.24) is 14.7 Å². The van der Waals surface area contributed by atoms with Gasteiger partial charge in [-0.1, -0.05) is 11.6 Å². The molecular formula is C23H25ClN4O2S. The molecule has 1 N–H and O–H groups in total. The van der Waals surface area contributed by atoms with Crippen LogP contribution in [0.3, 0.4) is 0 Å². The van der Waals surface area contributed by atoms with Crippen LogP contribution in [0.4, 0.5) is 5.69 Å². The Labute approximate surface area is 190 Å². The van der Waals surface area contributed by atoms with Gasteiger partial charge in [0.15, 0.2) is 0 Å². The number of fused-ring (bicyclic) bond motifs is 1. The summed E-state index contributed by atoms with van der Waals surface area (Å²) in [6, 6.07) is 11.8. The molecule has 1 aliphatic carbocycles. The van der Waals surface area contributed by atoms with Crippen LogP contribution in [0, 0.1) is 0 Å². The molecule has 0 unspecified atom stereocenters. The van der Waals surface area contributed by atoms with E-state index in [2.05, 4.69) is 27.3 Å². The largest absolute Gasteiger partial charge is 0.492 e. The second-order valence-electron chi connectivity index (χ2n) is 7.89. The summed E-state index contributed by atoms with van der Waals surface area (Å²) in [5.41, 5.74) is 3.44. The zero-order valence-electron chi connectivity index (χ0n) is 17.2. The third-order valence-electron chi connectivity index (χ3n) is 5.66. The predicted octanol–water partition coefficient (Wildman–Crippen LogP) is 4.23. The highest BCUT2D eigenvalue weighted by Crippen LogP contribution is 2.41. The van der Waals surface area contributed by atoms with Gasteiger partial charge in [-0.15, -0.1) is 0 Å². The number of hydrogen-bond donors (Lipinski definition) is 1. The van der Waals surface area contributed by atoms with E-state index in [9.17, 15) is 4.79 Å². The van der Waals surface area contributed by atoms with E-state index in [0.717, 1.165) is 43.0 Å². The Hall–Kier alpha value is -2.38. The molecule has 1 aliphatic heterocycles. The van der Waals surface area contributed by atoms with Gasteiger partial charge in [0, 0.05) is 42.4 Å². The smallest absolute Gasteiger partial charge is 0.270 e. The van der Waals surface area contributed by atoms with Gasteiger partial charge in [0.1, 0.15) is 23.7 Å². The van der Waals surface area contributed by atoms with Crippen molar-refractivity contribution in [1.29, 1.82) is 0 Å². The molecule has 2 aromatic heterocycles. The quantitative estimate of drug-likeness (QED) is 0.539. The van der Waals surface area contributed by atoms with Gasteiger partial charge in [-0.2, -0.15) is 11.8 Å². The molecule has 1 saturated carbocycles. The molecule has 1 amide bonds. The van der Waals surface area contributed by atoms with E-state index in [1.54, 1.807) is 16.7 Å². The molecule has 1 aromatic carbocycles. The molecule has 0 radical (unpaired) electrons. The lowest BCUT2D eigenvalue weighted by molar-refractivity contribution is 0.0940. The van der Waals surface area contributed by atoms with Gasteiger partial charge in [-0.3, -0.25) is 9.20 Å². The van der Waals surface area contributed by atoms with E-state index in [4.69, 9.17) is 16.3 Å². The molecule has 31 heavy (non-hydrogen) atoms. The molecule has 2 fully saturated rings. The van der Waals surface area contributed by atoms with Gasteiger partial charge >= 0.3 is 0 Å². The average Bonchev–Trinajstić information content (AvgIpc) is 3.58. The van der Waals surface area contributed by atoms with Crippen molar-refractivity contribution in [2.24, 2.45) is 0 Å². The zero-order valence-corrected chi connectivity index (χ0v) is 18.8. The van der Waals surface area contributed by atoms with Gasteiger partial charge in [0.2, 0.25) is 0 Å². The van der Waals surface area contributed by atoms with Crippen molar-refractivity contribution >= 4 is 40.6 Å². The lowest BCUT2D eigenvalue weighted by Crippen LogP contribution is -2.32. The molecule has 3 aromatic rings. The minimum absolute atomic E-state index is 0.140. The Morgan fingerprint density at radius 2 is 1.94 bits per heavy atom. The fraction of sp³-hybridized carbons (Fsp3) is 0.391. The number of anilines is 1. The Morgan fingerprint density at radius 1 is 1.16 bits per heavy atom. The first kappa shape index (κ1) is 20.5. The number of ether oxygens (including phenoxy) is 1. The average molecular weight is 457 g/mol. The van der Waals surface area contributed by atoms with Gasteiger partial charge < -0.3 is 15.0 Å². The summed E-state index contributed by atoms with van der Waals surface area (Å²) in [5.74, 6) is 3.40. The number of rotatable bonds is 7. The molecule has 162 valence electrons. The van der Waals surface area contributed by atoms with E-state index in [-0.39, 0.29) is 5.91 Å². The highest BCUT2D eigenvalue weighted by atomic mass is 35.5. The second kappa shape index (κ2) is 9.01. The molecule has 3 heterocycles. The molecule has 8 heteroatoms. The Bertz CT molecular complexity index is 1080. The minimum Gasteiger partial charge on any atom is -0.492 e. The topological polar surface area (TPSA) is 58.9 Å². The normalized spacial score (nSPS) is 16.5. The minimum atomic E-state index is -0.140. The van der Waals surface area contributed by atoms with Gasteiger partial charge in [0.05, 0.1) is 17.3 Å². The van der Waals surface area contributed by atoms with Gasteiger partial charge in [-0.25, -0.2) is 4.98 Å². The number of nitrogens with one attached hydrogen (secondary N) is 1. The summed E-state index contributed by atoms with van der Waals surface area (Å²) in [6.45, 7) is 3.01. The maximum Gasteiger partial charge on any atom is 0.270 e. The van der Waals surface area contributed by atoms with Crippen LogP contribution in [0.5, 0.6) is 5.75 Å². The third kappa shape index (κ3) is 4.62. The first-order chi connectivity index (χ1) is 15.2. The van der Waals surface area contributed by atoms with Crippen LogP contribution >= 0.6 is 23.4 Å². The standard InChI is InChI=1S/C23H25ClN4O2S/c24-17-3-8-20-26-21(16-1-2-16)22(28(20)15-17)23(29)25-9-12-30-19-6-4-18(5-7-19)27-10-13-31-14-11-27/h3-8,15-16H,1-2,9-14H2,(H,25,29). The number of nitrogens with zero attached hydrogens (tertiary/aromatic N) is 3. The molecule has 6 nitrogen and oxygen atoms in total. The number of carbonyl (C=O) groups is 1. The summed E-state index contributed by atoms with van der Waals surface area (Å²) < 4.78 is 7.63. The lowest BCUT2D eigenvalue weighted by atomic mass is 10.2. The molecule has 5 rings (SSSR count). The molecule has 1 saturated heterocycles. The molecular weight excluding hydrogens is 432 g/mol. The van der Waals surface area contributed by atoms with E-state index < -0.39 is 0 Å². The van der Waals surface area contributed by atoms with Crippen LogP contribution in [0.2, 0.25) is 5.02 Å². The number of hydrogen-bond acceptors (Lipinski definition) is 5. The Balaban J connectivity index is 1.18. The number of aromatic nitrogens is 2. The first-order valence-corrected chi connectivity index (χ1v) is 12.2. The van der Waals surface area contributed by atoms with Crippen LogP contribution in [0.1, 0.15) is 34.9 Å². The highest BCUT2D eigenvalue weighted by molar-refractivity contribution is 7.99. The van der Waals surface area contributed by atoms with Crippen LogP contribution < -0.4 is 15.0 Å². The Kier molecular flexibility index (Phi) is 5.96. The number of thioether (sulfide) groups is 1. The zero-order chi connectivity index (χ0) is 21.2. The summed E-state index contributed by atoms with van der Waals surface area (Å²) in [6.07, 6.45) is 3.91. The van der Waals surface area contributed by atoms with Crippen molar-refractivity contribution in [3.8, 4) is 5.75 Å². The highest BCUT2D eigenvalue weighted by Gasteiger charge is 2.32. The molecule has 2 aliphatic rings. The van der Waals surface area contributed by atoms with Crippen LogP contribution in [-0.2, 0) is 0 Å². The fourth-order valence-corrected chi connectivity index (χ4v) is 4.96. The lowest BCUT2D eigenvalue weighted by Gasteiger charge is -2.28. The van der Waals surface area contributed by atoms with Crippen molar-refractivity contribution in [2.45, 2.75) is 18.8 Å². The summed E-state index contributed by atoms with van der Waals surface area (Å²) in [4.78, 5) is 20.0. The number of benzene rings is 1. The third-order valence-corrected chi connectivity index (χ3v) is 6.82. The van der Waals surface area contributed by atoms with Crippen LogP contribution in [-0.4, -0.2) is 53.0 Å². The summed E-state index contributed by atoms with van der Waals surface area (Å²) in [7, 11) is 0. The van der Waals surface area contributed by atoms with E-state index >= 15 is 0 Å². The number of imidazole rings is 1. The SMILES string of the molecule is O=C(NCCOc1ccc(N2CCSCC2)cc1)c1c(C2CC2)nc2ccc(Cl)cn12. The maximum atomic E-state index is 12.9. The second-order valence-corrected chi connectivity index (χ2v) is 9.55. The Morgan fingerprint density at radius 3 is 2.68 bits per heavy atom. The monoisotopic (exact) mass is 456 g/mol. The number of amides is 1. The van der Waals surface area contributed by atoms with Crippen molar-refractivity contribution in [3.63, 3.8) is 0 Å². The van der Waals surface area contributed by atoms with E-state index in [1.807, 2.05) is 30.0 Å². The predicted molar refractivity (Wildman–Crippen MR) is 126 cm³/mol. The van der Waals surface area contributed by atoms with Gasteiger partial charge in [-0.05, 0) is 49.2 Å². The van der Waals surface area contributed by atoms with Crippen LogP contribution in [0.15, 0.2) is 42.6 Å². The summed E-state index contributed by atoms with van der Waals surface area (Å²) >= 11 is 8.16. The molecule has 0 bridgehead atoms. The van der Waals surface area contributed by atoms with E-state index in [0.29, 0.717) is 29.8 Å². The van der Waals surface area contributed by atoms with Crippen molar-refractivity contribution in [3.05, 3.63) is 59.0 Å². The number of halogens is 1. The fourth-order valence-electron chi connectivity index (χ4n) is 3.90. The van der Waals surface area contributed by atoms with Crippen molar-refractivity contribution < 1.29 is 9.53 Å². The van der Waals surface area contributed by atoms with Crippen molar-refractivity contribution in [2.75, 3.05) is 42.6 Å². The first-order valence-electron chi connectivity index (χ1n) is 10.7. The van der Waals surface area contributed by atoms with Gasteiger partial charge in [0.25, 0.3) is 5.91 Å². The number of carbonyl (C=O) groups excluding carboxylic acids is 1. The van der Waals surface area contributed by atoms with Crippen LogP contribution in [0.25, 0.3) is 5.65 Å². The molecule has 0 atom stereocenters.